The smallest absolute Gasteiger partial charge is 0.251 e. The molecule has 0 bridgehead atoms. The largest absolute Gasteiger partial charge is 0.352 e. The zero-order valence-corrected chi connectivity index (χ0v) is 15.7. The normalized spacial score (nSPS) is 10.8. The Bertz CT molecular complexity index is 912. The van der Waals surface area contributed by atoms with Gasteiger partial charge in [-0.2, -0.15) is 0 Å². The van der Waals surface area contributed by atoms with Gasteiger partial charge in [-0.25, -0.2) is 4.98 Å². The fourth-order valence-electron chi connectivity index (χ4n) is 2.76. The molecule has 1 aromatic heterocycles. The van der Waals surface area contributed by atoms with Crippen LogP contribution < -0.4 is 5.32 Å². The van der Waals surface area contributed by atoms with Crippen LogP contribution in [0.3, 0.4) is 0 Å². The number of imidazole rings is 1. The number of rotatable bonds is 6. The van der Waals surface area contributed by atoms with Gasteiger partial charge in [-0.1, -0.05) is 52.3 Å². The summed E-state index contributed by atoms with van der Waals surface area (Å²) in [6, 6.07) is 15.6. The number of benzene rings is 2. The van der Waals surface area contributed by atoms with E-state index in [-0.39, 0.29) is 5.91 Å². The van der Waals surface area contributed by atoms with Crippen molar-refractivity contribution in [3.8, 4) is 0 Å². The molecule has 0 saturated carbocycles. The summed E-state index contributed by atoms with van der Waals surface area (Å²) in [6.07, 6.45) is 0.659. The fraction of sp³-hybridized carbons (Fsp3) is 0.200. The number of fused-ring (bicyclic) bond motifs is 1. The third kappa shape index (κ3) is 4.17. The fourth-order valence-corrected chi connectivity index (χ4v) is 3.01. The van der Waals surface area contributed by atoms with E-state index in [9.17, 15) is 4.79 Å². The average molecular weight is 398 g/mol. The highest BCUT2D eigenvalue weighted by Crippen LogP contribution is 2.19. The molecule has 1 heterocycles. The molecule has 3 rings (SSSR count). The molecule has 5 heteroatoms. The van der Waals surface area contributed by atoms with Crippen LogP contribution >= 0.6 is 15.9 Å². The molecule has 1 N–H and O–H groups in total. The van der Waals surface area contributed by atoms with Gasteiger partial charge in [-0.3, -0.25) is 4.79 Å². The highest BCUT2D eigenvalue weighted by molar-refractivity contribution is 9.11. The second-order valence-electron chi connectivity index (χ2n) is 5.99. The number of amides is 1. The number of carbonyl (C=O) groups is 1. The molecule has 0 aliphatic heterocycles. The van der Waals surface area contributed by atoms with Gasteiger partial charge in [0.1, 0.15) is 5.82 Å². The van der Waals surface area contributed by atoms with Gasteiger partial charge in [0.2, 0.25) is 0 Å². The minimum atomic E-state index is -0.0624. The number of aromatic nitrogens is 2. The Hall–Kier alpha value is -2.40. The number of hydrogen-bond donors (Lipinski definition) is 1. The average Bonchev–Trinajstić information content (AvgIpc) is 2.93. The molecular formula is C20H20BrN3O. The summed E-state index contributed by atoms with van der Waals surface area (Å²) in [5, 5.41) is 2.97. The second kappa shape index (κ2) is 7.66. The van der Waals surface area contributed by atoms with E-state index in [0.717, 1.165) is 26.9 Å². The first kappa shape index (κ1) is 17.4. The zero-order chi connectivity index (χ0) is 17.8. The van der Waals surface area contributed by atoms with Gasteiger partial charge in [-0.05, 0) is 31.2 Å². The van der Waals surface area contributed by atoms with Crippen molar-refractivity contribution >= 4 is 32.9 Å². The van der Waals surface area contributed by atoms with Gasteiger partial charge in [-0.15, -0.1) is 0 Å². The third-order valence-electron chi connectivity index (χ3n) is 4.01. The number of nitrogens with one attached hydrogen (secondary N) is 1. The van der Waals surface area contributed by atoms with E-state index in [1.165, 1.54) is 0 Å². The van der Waals surface area contributed by atoms with E-state index in [1.807, 2.05) is 55.5 Å². The molecule has 4 nitrogen and oxygen atoms in total. The van der Waals surface area contributed by atoms with Crippen molar-refractivity contribution in [2.24, 2.45) is 0 Å². The molecule has 3 aromatic rings. The van der Waals surface area contributed by atoms with Gasteiger partial charge < -0.3 is 9.88 Å². The van der Waals surface area contributed by atoms with Gasteiger partial charge in [0, 0.05) is 23.0 Å². The Morgan fingerprint density at radius 2 is 1.92 bits per heavy atom. The summed E-state index contributed by atoms with van der Waals surface area (Å²) in [5.41, 5.74) is 3.84. The van der Waals surface area contributed by atoms with Crippen LogP contribution in [0.2, 0.25) is 0 Å². The Morgan fingerprint density at radius 3 is 2.64 bits per heavy atom. The molecule has 0 radical (unpaired) electrons. The van der Waals surface area contributed by atoms with Crippen LogP contribution in [0.5, 0.6) is 0 Å². The Kier molecular flexibility index (Phi) is 5.34. The highest BCUT2D eigenvalue weighted by atomic mass is 79.9. The van der Waals surface area contributed by atoms with Crippen molar-refractivity contribution < 1.29 is 4.79 Å². The lowest BCUT2D eigenvalue weighted by molar-refractivity contribution is 0.0954. The first-order chi connectivity index (χ1) is 12.0. The number of allylic oxidation sites excluding steroid dienone is 1. The molecule has 0 saturated heterocycles. The summed E-state index contributed by atoms with van der Waals surface area (Å²) in [7, 11) is 0. The van der Waals surface area contributed by atoms with Crippen molar-refractivity contribution in [3.05, 3.63) is 76.5 Å². The molecule has 0 aliphatic carbocycles. The summed E-state index contributed by atoms with van der Waals surface area (Å²) in [5.74, 6) is 0.874. The predicted molar refractivity (Wildman–Crippen MR) is 105 cm³/mol. The van der Waals surface area contributed by atoms with Gasteiger partial charge in [0.25, 0.3) is 5.91 Å². The predicted octanol–water partition coefficient (Wildman–Crippen LogP) is 4.23. The first-order valence-corrected chi connectivity index (χ1v) is 8.96. The number of halogens is 1. The number of nitrogens with zero attached hydrogens (tertiary/aromatic N) is 2. The Labute approximate surface area is 155 Å². The standard InChI is InChI=1S/C20H20BrN3O/c1-14-7-9-16(10-8-14)20(25)22-12-11-19-23-17-5-3-4-6-18(17)24(19)13-15(2)21/h3-10H,2,11-13H2,1H3,(H,22,25). The summed E-state index contributed by atoms with van der Waals surface area (Å²) in [6.45, 7) is 7.12. The summed E-state index contributed by atoms with van der Waals surface area (Å²) in [4.78, 5) is 16.9. The lowest BCUT2D eigenvalue weighted by Crippen LogP contribution is -2.26. The van der Waals surface area contributed by atoms with Crippen LogP contribution in [0, 0.1) is 6.92 Å². The Balaban J connectivity index is 1.71. The zero-order valence-electron chi connectivity index (χ0n) is 14.1. The molecule has 25 heavy (non-hydrogen) atoms. The minimum Gasteiger partial charge on any atom is -0.352 e. The summed E-state index contributed by atoms with van der Waals surface area (Å²) < 4.78 is 3.02. The van der Waals surface area contributed by atoms with Crippen LogP contribution in [-0.2, 0) is 13.0 Å². The van der Waals surface area contributed by atoms with Gasteiger partial charge >= 0.3 is 0 Å². The lowest BCUT2D eigenvalue weighted by atomic mass is 10.1. The van der Waals surface area contributed by atoms with Crippen molar-refractivity contribution in [2.75, 3.05) is 6.54 Å². The van der Waals surface area contributed by atoms with Gasteiger partial charge in [0.15, 0.2) is 0 Å². The topological polar surface area (TPSA) is 46.9 Å². The van der Waals surface area contributed by atoms with Crippen LogP contribution in [-0.4, -0.2) is 22.0 Å². The number of hydrogen-bond acceptors (Lipinski definition) is 2. The van der Waals surface area contributed by atoms with E-state index in [1.54, 1.807) is 0 Å². The molecule has 0 unspecified atom stereocenters. The number of para-hydroxylation sites is 2. The second-order valence-corrected chi connectivity index (χ2v) is 7.11. The van der Waals surface area contributed by atoms with E-state index < -0.39 is 0 Å². The quantitative estimate of drug-likeness (QED) is 0.676. The molecular weight excluding hydrogens is 378 g/mol. The van der Waals surface area contributed by atoms with Crippen molar-refractivity contribution in [2.45, 2.75) is 19.9 Å². The van der Waals surface area contributed by atoms with Gasteiger partial charge in [0.05, 0.1) is 17.6 Å². The monoisotopic (exact) mass is 397 g/mol. The Morgan fingerprint density at radius 1 is 1.20 bits per heavy atom. The SMILES string of the molecule is C=C(Br)Cn1c(CCNC(=O)c2ccc(C)cc2)nc2ccccc21. The molecule has 0 fully saturated rings. The van der Waals surface area contributed by atoms with E-state index >= 15 is 0 Å². The maximum absolute atomic E-state index is 12.2. The third-order valence-corrected chi connectivity index (χ3v) is 4.26. The highest BCUT2D eigenvalue weighted by Gasteiger charge is 2.11. The number of carbonyl (C=O) groups excluding carboxylic acids is 1. The molecule has 0 spiro atoms. The van der Waals surface area contributed by atoms with Crippen LogP contribution in [0.15, 0.2) is 59.6 Å². The summed E-state index contributed by atoms with van der Waals surface area (Å²) >= 11 is 3.43. The van der Waals surface area contributed by atoms with Crippen LogP contribution in [0.1, 0.15) is 21.7 Å². The molecule has 0 atom stereocenters. The van der Waals surface area contributed by atoms with Crippen molar-refractivity contribution in [3.63, 3.8) is 0 Å². The molecule has 1 amide bonds. The van der Waals surface area contributed by atoms with E-state index in [4.69, 9.17) is 4.98 Å². The molecule has 2 aromatic carbocycles. The van der Waals surface area contributed by atoms with Crippen molar-refractivity contribution in [1.82, 2.24) is 14.9 Å². The maximum Gasteiger partial charge on any atom is 0.251 e. The van der Waals surface area contributed by atoms with E-state index in [0.29, 0.717) is 25.1 Å². The van der Waals surface area contributed by atoms with E-state index in [2.05, 4.69) is 32.4 Å². The number of aryl methyl sites for hydroxylation is 1. The molecule has 0 aliphatic rings. The van der Waals surface area contributed by atoms with Crippen molar-refractivity contribution in [1.29, 1.82) is 0 Å². The maximum atomic E-state index is 12.2. The first-order valence-electron chi connectivity index (χ1n) is 8.17. The molecule has 128 valence electrons. The van der Waals surface area contributed by atoms with Crippen LogP contribution in [0.25, 0.3) is 11.0 Å². The minimum absolute atomic E-state index is 0.0624. The van der Waals surface area contributed by atoms with Crippen LogP contribution in [0.4, 0.5) is 0 Å². The lowest BCUT2D eigenvalue weighted by Gasteiger charge is -2.09.